The Hall–Kier alpha value is -3.40. The minimum Gasteiger partial charge on any atom is -0.378 e. The third kappa shape index (κ3) is 4.43. The Morgan fingerprint density at radius 3 is 1.40 bits per heavy atom. The average Bonchev–Trinajstić information content (AvgIpc) is 2.79. The van der Waals surface area contributed by atoms with Crippen LogP contribution in [0.4, 0.5) is 11.4 Å². The van der Waals surface area contributed by atoms with Crippen molar-refractivity contribution in [1.29, 1.82) is 0 Å². The lowest BCUT2D eigenvalue weighted by molar-refractivity contribution is 0.100. The molecule has 3 aromatic carbocycles. The molecule has 4 heteroatoms. The molecule has 0 bridgehead atoms. The fourth-order valence-corrected chi connectivity index (χ4v) is 3.51. The molecule has 0 saturated heterocycles. The molecular weight excluding hydrogens is 372 g/mol. The molecule has 0 N–H and O–H groups in total. The Labute approximate surface area is 178 Å². The maximum absolute atomic E-state index is 13.2. The summed E-state index contributed by atoms with van der Waals surface area (Å²) in [5.74, 6) is -0.293. The number of anilines is 2. The normalized spacial score (nSPS) is 10.5. The predicted octanol–water partition coefficient (Wildman–Crippen LogP) is 5.06. The third-order valence-electron chi connectivity index (χ3n) is 5.32. The van der Waals surface area contributed by atoms with Crippen LogP contribution >= 0.6 is 0 Å². The van der Waals surface area contributed by atoms with Crippen LogP contribution in [-0.4, -0.2) is 38.8 Å². The summed E-state index contributed by atoms with van der Waals surface area (Å²) in [6, 6.07) is 22.1. The molecule has 0 unspecified atom stereocenters. The molecule has 0 aliphatic carbocycles. The van der Waals surface area contributed by atoms with E-state index in [9.17, 15) is 9.59 Å². The molecule has 0 radical (unpaired) electrons. The molecule has 154 valence electrons. The Kier molecular flexibility index (Phi) is 6.68. The molecule has 30 heavy (non-hydrogen) atoms. The van der Waals surface area contributed by atoms with E-state index in [2.05, 4.69) is 18.7 Å². The van der Waals surface area contributed by atoms with Crippen LogP contribution in [0.3, 0.4) is 0 Å². The Morgan fingerprint density at radius 2 is 1.03 bits per heavy atom. The summed E-state index contributed by atoms with van der Waals surface area (Å²) in [5, 5.41) is 0. The van der Waals surface area contributed by atoms with Gasteiger partial charge in [-0.3, -0.25) is 9.59 Å². The van der Waals surface area contributed by atoms with Crippen molar-refractivity contribution in [3.05, 3.63) is 95.1 Å². The SMILES string of the molecule is CCN(CC)c1ccc(C(=O)c2ccccc2C(=O)c2ccc(N(C)C)cc2)cc1. The van der Waals surface area contributed by atoms with Crippen LogP contribution < -0.4 is 9.80 Å². The number of carbonyl (C=O) groups excluding carboxylic acids is 2. The third-order valence-corrected chi connectivity index (χ3v) is 5.32. The number of carbonyl (C=O) groups is 2. The number of ketones is 2. The first kappa shape index (κ1) is 21.3. The fourth-order valence-electron chi connectivity index (χ4n) is 3.51. The summed E-state index contributed by atoms with van der Waals surface area (Å²) in [6.45, 7) is 6.03. The standard InChI is InChI=1S/C26H28N2O2/c1-5-28(6-2)22-17-13-20(14-18-22)26(30)24-10-8-7-9-23(24)25(29)19-11-15-21(16-12-19)27(3)4/h7-18H,5-6H2,1-4H3. The van der Waals surface area contributed by atoms with Gasteiger partial charge in [0.25, 0.3) is 0 Å². The van der Waals surface area contributed by atoms with Crippen molar-refractivity contribution in [2.24, 2.45) is 0 Å². The van der Waals surface area contributed by atoms with E-state index in [1.54, 1.807) is 36.4 Å². The van der Waals surface area contributed by atoms with Crippen molar-refractivity contribution in [2.45, 2.75) is 13.8 Å². The minimum absolute atomic E-state index is 0.144. The quantitative estimate of drug-likeness (QED) is 0.496. The van der Waals surface area contributed by atoms with Gasteiger partial charge in [0, 0.05) is 60.8 Å². The van der Waals surface area contributed by atoms with E-state index in [0.717, 1.165) is 24.5 Å². The van der Waals surface area contributed by atoms with Gasteiger partial charge in [0.2, 0.25) is 0 Å². The Morgan fingerprint density at radius 1 is 0.633 bits per heavy atom. The Balaban J connectivity index is 1.91. The molecule has 0 spiro atoms. The summed E-state index contributed by atoms with van der Waals surface area (Å²) in [4.78, 5) is 30.5. The van der Waals surface area contributed by atoms with Crippen LogP contribution in [0.5, 0.6) is 0 Å². The van der Waals surface area contributed by atoms with Crippen molar-refractivity contribution in [2.75, 3.05) is 37.0 Å². The fraction of sp³-hybridized carbons (Fsp3) is 0.231. The molecular formula is C26H28N2O2. The number of benzene rings is 3. The minimum atomic E-state index is -0.149. The summed E-state index contributed by atoms with van der Waals surface area (Å²) >= 11 is 0. The van der Waals surface area contributed by atoms with E-state index in [1.165, 1.54) is 0 Å². The van der Waals surface area contributed by atoms with Crippen molar-refractivity contribution in [3.8, 4) is 0 Å². The maximum Gasteiger partial charge on any atom is 0.193 e. The highest BCUT2D eigenvalue weighted by atomic mass is 16.1. The number of hydrogen-bond donors (Lipinski definition) is 0. The van der Waals surface area contributed by atoms with E-state index in [0.29, 0.717) is 22.3 Å². The zero-order valence-corrected chi connectivity index (χ0v) is 18.1. The van der Waals surface area contributed by atoms with Gasteiger partial charge in [-0.25, -0.2) is 0 Å². The predicted molar refractivity (Wildman–Crippen MR) is 124 cm³/mol. The van der Waals surface area contributed by atoms with Gasteiger partial charge in [0.05, 0.1) is 0 Å². The van der Waals surface area contributed by atoms with Crippen molar-refractivity contribution >= 4 is 22.9 Å². The zero-order valence-electron chi connectivity index (χ0n) is 18.1. The van der Waals surface area contributed by atoms with Gasteiger partial charge >= 0.3 is 0 Å². The summed E-state index contributed by atoms with van der Waals surface area (Å²) in [7, 11) is 3.91. The van der Waals surface area contributed by atoms with Crippen LogP contribution in [0.1, 0.15) is 45.7 Å². The summed E-state index contributed by atoms with van der Waals surface area (Å²) in [6.07, 6.45) is 0. The number of rotatable bonds is 8. The second kappa shape index (κ2) is 9.40. The first-order valence-corrected chi connectivity index (χ1v) is 10.3. The van der Waals surface area contributed by atoms with E-state index in [4.69, 9.17) is 0 Å². The zero-order chi connectivity index (χ0) is 21.7. The van der Waals surface area contributed by atoms with Gasteiger partial charge < -0.3 is 9.80 Å². The van der Waals surface area contributed by atoms with Gasteiger partial charge in [-0.05, 0) is 62.4 Å². The molecule has 0 aromatic heterocycles. The van der Waals surface area contributed by atoms with E-state index in [-0.39, 0.29) is 11.6 Å². The van der Waals surface area contributed by atoms with Crippen LogP contribution in [0.25, 0.3) is 0 Å². The van der Waals surface area contributed by atoms with E-state index in [1.807, 2.05) is 55.4 Å². The second-order valence-corrected chi connectivity index (χ2v) is 7.36. The second-order valence-electron chi connectivity index (χ2n) is 7.36. The largest absolute Gasteiger partial charge is 0.378 e. The number of nitrogens with zero attached hydrogens (tertiary/aromatic N) is 2. The molecule has 0 atom stereocenters. The average molecular weight is 401 g/mol. The Bertz CT molecular complexity index is 1020. The van der Waals surface area contributed by atoms with Gasteiger partial charge in [-0.15, -0.1) is 0 Å². The van der Waals surface area contributed by atoms with Crippen LogP contribution in [0.15, 0.2) is 72.8 Å². The highest BCUT2D eigenvalue weighted by molar-refractivity contribution is 6.19. The molecule has 0 heterocycles. The van der Waals surface area contributed by atoms with Crippen LogP contribution in [0.2, 0.25) is 0 Å². The van der Waals surface area contributed by atoms with Crippen molar-refractivity contribution < 1.29 is 9.59 Å². The molecule has 0 saturated carbocycles. The maximum atomic E-state index is 13.2. The van der Waals surface area contributed by atoms with Gasteiger partial charge in [-0.1, -0.05) is 24.3 Å². The lowest BCUT2D eigenvalue weighted by Gasteiger charge is -2.21. The van der Waals surface area contributed by atoms with E-state index >= 15 is 0 Å². The van der Waals surface area contributed by atoms with E-state index < -0.39 is 0 Å². The first-order valence-electron chi connectivity index (χ1n) is 10.3. The first-order chi connectivity index (χ1) is 14.5. The van der Waals surface area contributed by atoms with Gasteiger partial charge in [0.1, 0.15) is 0 Å². The molecule has 3 rings (SSSR count). The van der Waals surface area contributed by atoms with Gasteiger partial charge in [-0.2, -0.15) is 0 Å². The lowest BCUT2D eigenvalue weighted by atomic mass is 9.93. The smallest absolute Gasteiger partial charge is 0.193 e. The molecule has 0 aliphatic heterocycles. The molecule has 0 amide bonds. The topological polar surface area (TPSA) is 40.6 Å². The highest BCUT2D eigenvalue weighted by Crippen LogP contribution is 2.22. The highest BCUT2D eigenvalue weighted by Gasteiger charge is 2.19. The molecule has 4 nitrogen and oxygen atoms in total. The number of hydrogen-bond acceptors (Lipinski definition) is 4. The molecule has 3 aromatic rings. The summed E-state index contributed by atoms with van der Waals surface area (Å²) in [5.41, 5.74) is 4.10. The molecule has 0 fully saturated rings. The van der Waals surface area contributed by atoms with Crippen molar-refractivity contribution in [1.82, 2.24) is 0 Å². The van der Waals surface area contributed by atoms with Crippen molar-refractivity contribution in [3.63, 3.8) is 0 Å². The van der Waals surface area contributed by atoms with Gasteiger partial charge in [0.15, 0.2) is 11.6 Å². The van der Waals surface area contributed by atoms with Crippen LogP contribution in [0, 0.1) is 0 Å². The molecule has 0 aliphatic rings. The monoisotopic (exact) mass is 400 g/mol. The lowest BCUT2D eigenvalue weighted by Crippen LogP contribution is -2.21. The van der Waals surface area contributed by atoms with Crippen LogP contribution in [-0.2, 0) is 0 Å². The summed E-state index contributed by atoms with van der Waals surface area (Å²) < 4.78 is 0.